The first-order valence-corrected chi connectivity index (χ1v) is 9.40. The minimum atomic E-state index is -0.480. The van der Waals surface area contributed by atoms with Crippen molar-refractivity contribution < 1.29 is 9.90 Å². The Balaban J connectivity index is 1.48. The lowest BCUT2D eigenvalue weighted by Gasteiger charge is -2.39. The van der Waals surface area contributed by atoms with Crippen LogP contribution in [0, 0.1) is 5.41 Å². The zero-order chi connectivity index (χ0) is 18.2. The summed E-state index contributed by atoms with van der Waals surface area (Å²) in [4.78, 5) is 11.8. The third-order valence-corrected chi connectivity index (χ3v) is 5.32. The van der Waals surface area contributed by atoms with E-state index in [1.165, 1.54) is 5.56 Å². The molecule has 2 aromatic carbocycles. The Kier molecular flexibility index (Phi) is 6.56. The number of aldehydes is 1. The summed E-state index contributed by atoms with van der Waals surface area (Å²) in [7, 11) is 0. The van der Waals surface area contributed by atoms with Crippen molar-refractivity contribution in [1.82, 2.24) is 10.4 Å². The van der Waals surface area contributed by atoms with Gasteiger partial charge in [-0.1, -0.05) is 60.7 Å². The van der Waals surface area contributed by atoms with Crippen LogP contribution in [0.1, 0.15) is 30.4 Å². The van der Waals surface area contributed by atoms with Crippen molar-refractivity contribution in [1.29, 1.82) is 0 Å². The molecule has 26 heavy (non-hydrogen) atoms. The van der Waals surface area contributed by atoms with Gasteiger partial charge in [-0.15, -0.1) is 0 Å². The molecule has 1 aliphatic heterocycles. The van der Waals surface area contributed by atoms with Crippen LogP contribution >= 0.6 is 0 Å². The van der Waals surface area contributed by atoms with E-state index in [4.69, 9.17) is 0 Å². The number of rotatable bonds is 8. The topological polar surface area (TPSA) is 52.6 Å². The minimum Gasteiger partial charge on any atom is -0.393 e. The molecule has 138 valence electrons. The molecule has 3 rings (SSSR count). The molecule has 0 aromatic heterocycles. The Morgan fingerprint density at radius 2 is 1.58 bits per heavy atom. The van der Waals surface area contributed by atoms with Gasteiger partial charge in [0.1, 0.15) is 6.29 Å². The summed E-state index contributed by atoms with van der Waals surface area (Å²) < 4.78 is 0. The second-order valence-electron chi connectivity index (χ2n) is 7.34. The lowest BCUT2D eigenvalue weighted by molar-refractivity contribution is -0.121. The van der Waals surface area contributed by atoms with Crippen molar-refractivity contribution >= 4 is 6.29 Å². The van der Waals surface area contributed by atoms with Crippen molar-refractivity contribution in [3.8, 4) is 0 Å². The summed E-state index contributed by atoms with van der Waals surface area (Å²) in [5.74, 6) is 0. The van der Waals surface area contributed by atoms with E-state index in [-0.39, 0.29) is 0 Å². The molecule has 1 heterocycles. The van der Waals surface area contributed by atoms with E-state index in [9.17, 15) is 9.90 Å². The highest BCUT2D eigenvalue weighted by molar-refractivity contribution is 5.59. The van der Waals surface area contributed by atoms with Crippen molar-refractivity contribution in [3.63, 3.8) is 0 Å². The number of piperidine rings is 1. The summed E-state index contributed by atoms with van der Waals surface area (Å²) in [6.07, 6.45) is 3.31. The third kappa shape index (κ3) is 5.24. The van der Waals surface area contributed by atoms with Crippen molar-refractivity contribution in [2.75, 3.05) is 13.1 Å². The Bertz CT molecular complexity index is 667. The Morgan fingerprint density at radius 3 is 2.15 bits per heavy atom. The van der Waals surface area contributed by atoms with E-state index in [1.54, 1.807) is 0 Å². The maximum absolute atomic E-state index is 11.8. The Hall–Kier alpha value is -2.01. The number of benzene rings is 2. The zero-order valence-corrected chi connectivity index (χ0v) is 15.2. The second kappa shape index (κ2) is 9.08. The molecular formula is C22H28N2O2. The molecule has 1 aliphatic rings. The van der Waals surface area contributed by atoms with Crippen molar-refractivity contribution in [2.45, 2.75) is 38.3 Å². The van der Waals surface area contributed by atoms with Gasteiger partial charge in [-0.25, -0.2) is 5.01 Å². The quantitative estimate of drug-likeness (QED) is 0.717. The average molecular weight is 352 g/mol. The Labute approximate surface area is 155 Å². The SMILES string of the molecule is O=CC1(CC(O)Cc2ccccc2)CCN(NCc2ccccc2)CC1. The van der Waals surface area contributed by atoms with Crippen LogP contribution in [0.25, 0.3) is 0 Å². The molecular weight excluding hydrogens is 324 g/mol. The maximum atomic E-state index is 11.8. The van der Waals surface area contributed by atoms with E-state index in [0.717, 1.165) is 44.3 Å². The first-order chi connectivity index (χ1) is 12.7. The number of carbonyl (C=O) groups excluding carboxylic acids is 1. The van der Waals surface area contributed by atoms with Crippen LogP contribution in [0.2, 0.25) is 0 Å². The molecule has 2 N–H and O–H groups in total. The fourth-order valence-corrected chi connectivity index (χ4v) is 3.71. The van der Waals surface area contributed by atoms with Crippen LogP contribution in [-0.4, -0.2) is 35.6 Å². The van der Waals surface area contributed by atoms with E-state index in [1.807, 2.05) is 48.5 Å². The van der Waals surface area contributed by atoms with Gasteiger partial charge in [0.15, 0.2) is 0 Å². The molecule has 0 bridgehead atoms. The van der Waals surface area contributed by atoms with Crippen LogP contribution in [0.5, 0.6) is 0 Å². The number of hydrogen-bond acceptors (Lipinski definition) is 4. The predicted molar refractivity (Wildman–Crippen MR) is 103 cm³/mol. The first kappa shape index (κ1) is 18.8. The third-order valence-electron chi connectivity index (χ3n) is 5.32. The number of aliphatic hydroxyl groups is 1. The van der Waals surface area contributed by atoms with Crippen LogP contribution in [0.4, 0.5) is 0 Å². The predicted octanol–water partition coefficient (Wildman–Crippen LogP) is 2.97. The van der Waals surface area contributed by atoms with Crippen LogP contribution < -0.4 is 5.43 Å². The summed E-state index contributed by atoms with van der Waals surface area (Å²) in [6, 6.07) is 20.3. The maximum Gasteiger partial charge on any atom is 0.126 e. The summed E-state index contributed by atoms with van der Waals surface area (Å²) in [5, 5.41) is 12.7. The molecule has 0 amide bonds. The molecule has 1 saturated heterocycles. The fourth-order valence-electron chi connectivity index (χ4n) is 3.71. The average Bonchev–Trinajstić information content (AvgIpc) is 2.69. The highest BCUT2D eigenvalue weighted by Gasteiger charge is 2.36. The van der Waals surface area contributed by atoms with Crippen molar-refractivity contribution in [2.24, 2.45) is 5.41 Å². The summed E-state index contributed by atoms with van der Waals surface area (Å²) in [5.41, 5.74) is 5.41. The zero-order valence-electron chi connectivity index (χ0n) is 15.2. The van der Waals surface area contributed by atoms with Gasteiger partial charge < -0.3 is 9.90 Å². The molecule has 0 radical (unpaired) electrons. The number of carbonyl (C=O) groups is 1. The highest BCUT2D eigenvalue weighted by Crippen LogP contribution is 2.34. The number of hydrogen-bond donors (Lipinski definition) is 2. The van der Waals surface area contributed by atoms with Crippen LogP contribution in [0.3, 0.4) is 0 Å². The lowest BCUT2D eigenvalue weighted by atomic mass is 9.75. The normalized spacial score (nSPS) is 18.3. The number of hydrazine groups is 1. The lowest BCUT2D eigenvalue weighted by Crippen LogP contribution is -2.48. The van der Waals surface area contributed by atoms with Crippen LogP contribution in [-0.2, 0) is 17.8 Å². The van der Waals surface area contributed by atoms with Crippen LogP contribution in [0.15, 0.2) is 60.7 Å². The standard InChI is InChI=1S/C22H28N2O2/c25-18-22(16-21(26)15-19-7-3-1-4-8-19)11-13-24(14-12-22)23-17-20-9-5-2-6-10-20/h1-10,18,21,23,26H,11-17H2. The molecule has 4 heteroatoms. The molecule has 4 nitrogen and oxygen atoms in total. The molecule has 1 atom stereocenters. The van der Waals surface area contributed by atoms with Gasteiger partial charge in [-0.3, -0.25) is 5.43 Å². The van der Waals surface area contributed by atoms with Gasteiger partial charge in [-0.05, 0) is 36.8 Å². The van der Waals surface area contributed by atoms with Gasteiger partial charge in [0.25, 0.3) is 0 Å². The fraction of sp³-hybridized carbons (Fsp3) is 0.409. The number of nitrogens with zero attached hydrogens (tertiary/aromatic N) is 1. The monoisotopic (exact) mass is 352 g/mol. The van der Waals surface area contributed by atoms with Gasteiger partial charge in [-0.2, -0.15) is 0 Å². The van der Waals surface area contributed by atoms with E-state index in [0.29, 0.717) is 12.8 Å². The molecule has 1 unspecified atom stereocenters. The minimum absolute atomic E-state index is 0.404. The Morgan fingerprint density at radius 1 is 1.00 bits per heavy atom. The van der Waals surface area contributed by atoms with E-state index < -0.39 is 11.5 Å². The number of aliphatic hydroxyl groups excluding tert-OH is 1. The second-order valence-corrected chi connectivity index (χ2v) is 7.34. The van der Waals surface area contributed by atoms with Gasteiger partial charge in [0.2, 0.25) is 0 Å². The molecule has 0 saturated carbocycles. The highest BCUT2D eigenvalue weighted by atomic mass is 16.3. The molecule has 2 aromatic rings. The summed E-state index contributed by atoms with van der Waals surface area (Å²) in [6.45, 7) is 2.44. The van der Waals surface area contributed by atoms with Gasteiger partial charge in [0, 0.05) is 25.0 Å². The number of nitrogens with one attached hydrogen (secondary N) is 1. The van der Waals surface area contributed by atoms with Gasteiger partial charge in [0.05, 0.1) is 6.10 Å². The van der Waals surface area contributed by atoms with E-state index >= 15 is 0 Å². The summed E-state index contributed by atoms with van der Waals surface area (Å²) >= 11 is 0. The smallest absolute Gasteiger partial charge is 0.126 e. The molecule has 0 aliphatic carbocycles. The molecule has 0 spiro atoms. The van der Waals surface area contributed by atoms with Crippen molar-refractivity contribution in [3.05, 3.63) is 71.8 Å². The largest absolute Gasteiger partial charge is 0.393 e. The molecule has 1 fully saturated rings. The van der Waals surface area contributed by atoms with E-state index in [2.05, 4.69) is 22.6 Å². The van der Waals surface area contributed by atoms with Gasteiger partial charge >= 0.3 is 0 Å². The first-order valence-electron chi connectivity index (χ1n) is 9.40.